The summed E-state index contributed by atoms with van der Waals surface area (Å²) in [5.41, 5.74) is 2.88. The molecule has 0 fully saturated rings. The fourth-order valence-electron chi connectivity index (χ4n) is 3.28. The number of rotatable bonds is 9. The van der Waals surface area contributed by atoms with Crippen molar-refractivity contribution in [3.05, 3.63) is 35.7 Å². The van der Waals surface area contributed by atoms with Crippen LogP contribution in [0.25, 0.3) is 0 Å². The van der Waals surface area contributed by atoms with Crippen LogP contribution in [0.15, 0.2) is 34.1 Å². The van der Waals surface area contributed by atoms with Crippen LogP contribution in [-0.4, -0.2) is 41.2 Å². The van der Waals surface area contributed by atoms with Gasteiger partial charge in [-0.05, 0) is 58.7 Å². The van der Waals surface area contributed by atoms with E-state index in [-0.39, 0.29) is 28.1 Å². The van der Waals surface area contributed by atoms with Crippen LogP contribution >= 0.6 is 0 Å². The molecule has 0 aliphatic heterocycles. The molecule has 2 aromatic rings. The van der Waals surface area contributed by atoms with Crippen LogP contribution in [0, 0.1) is 0 Å². The van der Waals surface area contributed by atoms with Gasteiger partial charge in [-0.1, -0.05) is 19.9 Å². The Kier molecular flexibility index (Phi) is 8.27. The molecule has 1 amide bonds. The first kappa shape index (κ1) is 25.6. The van der Waals surface area contributed by atoms with Gasteiger partial charge in [-0.25, -0.2) is 23.9 Å². The Bertz CT molecular complexity index is 1040. The van der Waals surface area contributed by atoms with Crippen molar-refractivity contribution in [2.24, 2.45) is 0 Å². The number of ether oxygens (including phenoxy) is 1. The lowest BCUT2D eigenvalue weighted by Gasteiger charge is -2.22. The van der Waals surface area contributed by atoms with Gasteiger partial charge >= 0.3 is 6.09 Å². The van der Waals surface area contributed by atoms with Crippen molar-refractivity contribution in [3.8, 4) is 0 Å². The van der Waals surface area contributed by atoms with Gasteiger partial charge in [0.05, 0.1) is 28.5 Å². The van der Waals surface area contributed by atoms with Gasteiger partial charge in [-0.2, -0.15) is 5.10 Å². The molecule has 0 bridgehead atoms. The minimum atomic E-state index is -3.90. The summed E-state index contributed by atoms with van der Waals surface area (Å²) in [4.78, 5) is 16.2. The van der Waals surface area contributed by atoms with Gasteiger partial charge in [-0.15, -0.1) is 4.99 Å². The van der Waals surface area contributed by atoms with Gasteiger partial charge in [0.15, 0.2) is 0 Å². The number of aryl methyl sites for hydroxylation is 1. The number of hydrogen-bond donors (Lipinski definition) is 3. The van der Waals surface area contributed by atoms with Crippen LogP contribution < -0.4 is 10.8 Å². The normalized spacial score (nSPS) is 13.0. The molecule has 10 nitrogen and oxygen atoms in total. The highest BCUT2D eigenvalue weighted by molar-refractivity contribution is 7.91. The fourth-order valence-corrected chi connectivity index (χ4v) is 5.11. The maximum Gasteiger partial charge on any atom is 0.407 e. The Balaban J connectivity index is 2.39. The van der Waals surface area contributed by atoms with E-state index in [9.17, 15) is 13.2 Å². The zero-order chi connectivity index (χ0) is 24.1. The maximum absolute atomic E-state index is 13.5. The monoisotopic (exact) mass is 468 g/mol. The number of amides is 1. The molecule has 11 heteroatoms. The van der Waals surface area contributed by atoms with Crippen LogP contribution in [0.1, 0.15) is 52.9 Å². The van der Waals surface area contributed by atoms with E-state index in [2.05, 4.69) is 20.9 Å². The molecule has 3 N–H and O–H groups in total. The average Bonchev–Trinajstić information content (AvgIpc) is 3.04. The standard InChI is InChI=1S/C21H32N4O6S/c1-7-17-19(32(28,29)16-11-9-10-15(12-16)24-31-27)18(8-2)25(23-17)13-14(3)22-20(26)30-21(4,5)6/h9-12,14,24,27H,7-8,13H2,1-6H3,(H,22,26)/t14-/m1/s1. The molecule has 0 unspecified atom stereocenters. The van der Waals surface area contributed by atoms with E-state index in [0.29, 0.717) is 24.2 Å². The van der Waals surface area contributed by atoms with Crippen LogP contribution in [0.2, 0.25) is 0 Å². The molecular formula is C21H32N4O6S. The Morgan fingerprint density at radius 3 is 2.50 bits per heavy atom. The largest absolute Gasteiger partial charge is 0.444 e. The van der Waals surface area contributed by atoms with Crippen LogP contribution in [0.3, 0.4) is 0 Å². The SMILES string of the molecule is CCc1nn(C[C@@H](C)NC(=O)OC(C)(C)C)c(CC)c1S(=O)(=O)c1cccc(NOO)c1. The third kappa shape index (κ3) is 6.21. The third-order valence-corrected chi connectivity index (χ3v) is 6.42. The number of aromatic nitrogens is 2. The van der Waals surface area contributed by atoms with Crippen molar-refractivity contribution in [3.63, 3.8) is 0 Å². The fraction of sp³-hybridized carbons (Fsp3) is 0.524. The topological polar surface area (TPSA) is 132 Å². The van der Waals surface area contributed by atoms with E-state index in [4.69, 9.17) is 9.99 Å². The number of hydrogen-bond acceptors (Lipinski definition) is 8. The van der Waals surface area contributed by atoms with E-state index >= 15 is 0 Å². The Morgan fingerprint density at radius 1 is 1.25 bits per heavy atom. The molecule has 178 valence electrons. The Labute approximate surface area is 188 Å². The van der Waals surface area contributed by atoms with E-state index < -0.39 is 21.5 Å². The highest BCUT2D eigenvalue weighted by Gasteiger charge is 2.29. The molecule has 2 rings (SSSR count). The second-order valence-electron chi connectivity index (χ2n) is 8.38. The molecule has 0 spiro atoms. The summed E-state index contributed by atoms with van der Waals surface area (Å²) >= 11 is 0. The van der Waals surface area contributed by atoms with Crippen LogP contribution in [0.5, 0.6) is 0 Å². The van der Waals surface area contributed by atoms with Crippen molar-refractivity contribution in [2.75, 3.05) is 5.48 Å². The molecule has 1 heterocycles. The van der Waals surface area contributed by atoms with Crippen molar-refractivity contribution >= 4 is 21.6 Å². The van der Waals surface area contributed by atoms with Gasteiger partial charge in [0.2, 0.25) is 9.84 Å². The molecule has 0 saturated carbocycles. The smallest absolute Gasteiger partial charge is 0.407 e. The number of anilines is 1. The summed E-state index contributed by atoms with van der Waals surface area (Å²) < 4.78 is 33.9. The molecule has 1 atom stereocenters. The lowest BCUT2D eigenvalue weighted by molar-refractivity contribution is -0.215. The third-order valence-electron chi connectivity index (χ3n) is 4.53. The van der Waals surface area contributed by atoms with Crippen molar-refractivity contribution in [1.82, 2.24) is 15.1 Å². The average molecular weight is 469 g/mol. The minimum absolute atomic E-state index is 0.0448. The summed E-state index contributed by atoms with van der Waals surface area (Å²) in [6.07, 6.45) is 0.299. The van der Waals surface area contributed by atoms with E-state index in [1.54, 1.807) is 44.5 Å². The molecule has 1 aromatic heterocycles. The van der Waals surface area contributed by atoms with Crippen LogP contribution in [0.4, 0.5) is 10.5 Å². The van der Waals surface area contributed by atoms with Crippen LogP contribution in [-0.2, 0) is 38.9 Å². The minimum Gasteiger partial charge on any atom is -0.444 e. The molecule has 0 aliphatic rings. The predicted molar refractivity (Wildman–Crippen MR) is 119 cm³/mol. The number of nitrogens with zero attached hydrogens (tertiary/aromatic N) is 2. The molecule has 32 heavy (non-hydrogen) atoms. The summed E-state index contributed by atoms with van der Waals surface area (Å²) in [5, 5.41) is 15.9. The number of carbonyl (C=O) groups excluding carboxylic acids is 1. The Morgan fingerprint density at radius 2 is 1.94 bits per heavy atom. The second-order valence-corrected chi connectivity index (χ2v) is 10.3. The summed E-state index contributed by atoms with van der Waals surface area (Å²) in [7, 11) is -3.90. The molecular weight excluding hydrogens is 436 g/mol. The first-order valence-electron chi connectivity index (χ1n) is 10.4. The quantitative estimate of drug-likeness (QED) is 0.376. The lowest BCUT2D eigenvalue weighted by Crippen LogP contribution is -2.40. The maximum atomic E-state index is 13.5. The number of carbonyl (C=O) groups is 1. The van der Waals surface area contributed by atoms with Crippen molar-refractivity contribution in [1.29, 1.82) is 0 Å². The number of nitrogens with one attached hydrogen (secondary N) is 2. The van der Waals surface area contributed by atoms with Crippen molar-refractivity contribution in [2.45, 2.75) is 82.4 Å². The van der Waals surface area contributed by atoms with Crippen molar-refractivity contribution < 1.29 is 28.2 Å². The zero-order valence-corrected chi connectivity index (χ0v) is 20.1. The zero-order valence-electron chi connectivity index (χ0n) is 19.3. The first-order chi connectivity index (χ1) is 14.9. The number of benzene rings is 1. The van der Waals surface area contributed by atoms with E-state index in [1.165, 1.54) is 12.1 Å². The summed E-state index contributed by atoms with van der Waals surface area (Å²) in [5.74, 6) is 0. The molecule has 0 aliphatic carbocycles. The van der Waals surface area contributed by atoms with Gasteiger partial charge in [-0.3, -0.25) is 4.68 Å². The first-order valence-corrected chi connectivity index (χ1v) is 11.9. The van der Waals surface area contributed by atoms with Gasteiger partial charge < -0.3 is 10.1 Å². The van der Waals surface area contributed by atoms with Gasteiger partial charge in [0.25, 0.3) is 0 Å². The summed E-state index contributed by atoms with van der Waals surface area (Å²) in [6, 6.07) is 5.60. The Hall–Kier alpha value is -2.63. The van der Waals surface area contributed by atoms with E-state index in [1.807, 2.05) is 13.8 Å². The van der Waals surface area contributed by atoms with Gasteiger partial charge in [0.1, 0.15) is 10.5 Å². The molecule has 1 aromatic carbocycles. The molecule has 0 saturated heterocycles. The molecule has 0 radical (unpaired) electrons. The highest BCUT2D eigenvalue weighted by atomic mass is 32.2. The lowest BCUT2D eigenvalue weighted by atomic mass is 10.2. The number of alkyl carbamates (subject to hydrolysis) is 1. The summed E-state index contributed by atoms with van der Waals surface area (Å²) in [6.45, 7) is 11.1. The van der Waals surface area contributed by atoms with E-state index in [0.717, 1.165) is 0 Å². The number of sulfone groups is 1. The predicted octanol–water partition coefficient (Wildman–Crippen LogP) is 3.57. The van der Waals surface area contributed by atoms with Gasteiger partial charge in [0, 0.05) is 6.04 Å². The second kappa shape index (κ2) is 10.3. The highest BCUT2D eigenvalue weighted by Crippen LogP contribution is 2.30.